The van der Waals surface area contributed by atoms with Crippen LogP contribution in [-0.2, 0) is 4.79 Å². The largest absolute Gasteiger partial charge is 0.497 e. The van der Waals surface area contributed by atoms with Crippen LogP contribution in [0.2, 0.25) is 0 Å². The van der Waals surface area contributed by atoms with Gasteiger partial charge in [0.1, 0.15) is 22.8 Å². The van der Waals surface area contributed by atoms with Crippen molar-refractivity contribution in [3.05, 3.63) is 87.2 Å². The standard InChI is InChI=1S/C27H28N2O4S/c1-17-8-5-6-10-20(17)25(30)28-22(15-19-9-7-13-34-19)26(31)29-23-16-27(2,3)33-24-14-18(32-4)11-12-21(23)24/h5-15,23H,16H2,1-4H3,(H,28,30)(H,29,31)/b22-15-. The van der Waals surface area contributed by atoms with Crippen molar-refractivity contribution in [1.82, 2.24) is 10.6 Å². The van der Waals surface area contributed by atoms with Crippen molar-refractivity contribution in [2.24, 2.45) is 0 Å². The van der Waals surface area contributed by atoms with E-state index in [1.165, 1.54) is 11.3 Å². The summed E-state index contributed by atoms with van der Waals surface area (Å²) in [5.74, 6) is 0.673. The van der Waals surface area contributed by atoms with E-state index in [1.807, 2.05) is 68.6 Å². The summed E-state index contributed by atoms with van der Waals surface area (Å²) in [5.41, 5.74) is 1.94. The molecule has 4 rings (SSSR count). The number of rotatable bonds is 6. The second-order valence-electron chi connectivity index (χ2n) is 8.84. The third kappa shape index (κ3) is 5.31. The molecule has 2 aromatic carbocycles. The van der Waals surface area contributed by atoms with Gasteiger partial charge in [-0.2, -0.15) is 0 Å². The smallest absolute Gasteiger partial charge is 0.268 e. The van der Waals surface area contributed by atoms with E-state index in [2.05, 4.69) is 10.6 Å². The lowest BCUT2D eigenvalue weighted by atomic mass is 9.89. The van der Waals surface area contributed by atoms with E-state index in [0.29, 0.717) is 23.5 Å². The second-order valence-corrected chi connectivity index (χ2v) is 9.82. The van der Waals surface area contributed by atoms with E-state index in [9.17, 15) is 9.59 Å². The lowest BCUT2D eigenvalue weighted by Crippen LogP contribution is -2.43. The molecule has 0 bridgehead atoms. The van der Waals surface area contributed by atoms with Crippen molar-refractivity contribution < 1.29 is 19.1 Å². The minimum Gasteiger partial charge on any atom is -0.497 e. The summed E-state index contributed by atoms with van der Waals surface area (Å²) in [6.45, 7) is 5.83. The van der Waals surface area contributed by atoms with Crippen LogP contribution in [0.4, 0.5) is 0 Å². The topological polar surface area (TPSA) is 76.7 Å². The molecule has 34 heavy (non-hydrogen) atoms. The van der Waals surface area contributed by atoms with Crippen LogP contribution in [0.25, 0.3) is 6.08 Å². The molecule has 0 aliphatic carbocycles. The summed E-state index contributed by atoms with van der Waals surface area (Å²) in [5, 5.41) is 7.87. The number of aryl methyl sites for hydroxylation is 1. The maximum Gasteiger partial charge on any atom is 0.268 e. The maximum atomic E-state index is 13.5. The molecule has 7 heteroatoms. The maximum absolute atomic E-state index is 13.5. The van der Waals surface area contributed by atoms with E-state index < -0.39 is 5.60 Å². The third-order valence-corrected chi connectivity index (χ3v) is 6.52. The molecule has 1 aliphatic heterocycles. The molecule has 1 aromatic heterocycles. The summed E-state index contributed by atoms with van der Waals surface area (Å²) in [6.07, 6.45) is 2.28. The molecule has 1 aliphatic rings. The predicted molar refractivity (Wildman–Crippen MR) is 134 cm³/mol. The zero-order chi connectivity index (χ0) is 24.3. The van der Waals surface area contributed by atoms with Gasteiger partial charge >= 0.3 is 0 Å². The predicted octanol–water partition coefficient (Wildman–Crippen LogP) is 5.25. The van der Waals surface area contributed by atoms with E-state index in [0.717, 1.165) is 16.0 Å². The van der Waals surface area contributed by atoms with Crippen LogP contribution in [0, 0.1) is 6.92 Å². The molecule has 1 atom stereocenters. The Balaban J connectivity index is 1.62. The lowest BCUT2D eigenvalue weighted by Gasteiger charge is -2.38. The summed E-state index contributed by atoms with van der Waals surface area (Å²) >= 11 is 1.49. The second kappa shape index (κ2) is 9.73. The first kappa shape index (κ1) is 23.6. The van der Waals surface area contributed by atoms with Crippen molar-refractivity contribution in [1.29, 1.82) is 0 Å². The molecule has 3 aromatic rings. The highest BCUT2D eigenvalue weighted by Crippen LogP contribution is 2.41. The highest BCUT2D eigenvalue weighted by Gasteiger charge is 2.35. The van der Waals surface area contributed by atoms with Crippen molar-refractivity contribution in [2.45, 2.75) is 38.8 Å². The summed E-state index contributed by atoms with van der Waals surface area (Å²) in [7, 11) is 1.60. The van der Waals surface area contributed by atoms with E-state index in [-0.39, 0.29) is 23.6 Å². The Bertz CT molecular complexity index is 1230. The average molecular weight is 477 g/mol. The zero-order valence-electron chi connectivity index (χ0n) is 19.7. The molecule has 1 unspecified atom stereocenters. The third-order valence-electron chi connectivity index (χ3n) is 5.70. The zero-order valence-corrected chi connectivity index (χ0v) is 20.5. The molecule has 0 radical (unpaired) electrons. The Labute approximate surface area is 203 Å². The number of carbonyl (C=O) groups is 2. The molecule has 2 heterocycles. The van der Waals surface area contributed by atoms with Gasteiger partial charge in [-0.25, -0.2) is 0 Å². The molecule has 6 nitrogen and oxygen atoms in total. The molecular weight excluding hydrogens is 448 g/mol. The average Bonchev–Trinajstić information content (AvgIpc) is 3.30. The number of fused-ring (bicyclic) bond motifs is 1. The van der Waals surface area contributed by atoms with Crippen molar-refractivity contribution in [3.8, 4) is 11.5 Å². The first-order valence-corrected chi connectivity index (χ1v) is 11.9. The van der Waals surface area contributed by atoms with E-state index in [4.69, 9.17) is 9.47 Å². The Morgan fingerprint density at radius 2 is 1.94 bits per heavy atom. The summed E-state index contributed by atoms with van der Waals surface area (Å²) < 4.78 is 11.5. The minimum absolute atomic E-state index is 0.190. The van der Waals surface area contributed by atoms with Crippen LogP contribution in [0.1, 0.15) is 52.7 Å². The van der Waals surface area contributed by atoms with Crippen molar-refractivity contribution >= 4 is 29.2 Å². The van der Waals surface area contributed by atoms with Gasteiger partial charge < -0.3 is 20.1 Å². The van der Waals surface area contributed by atoms with Crippen LogP contribution in [0.3, 0.4) is 0 Å². The van der Waals surface area contributed by atoms with Crippen LogP contribution >= 0.6 is 11.3 Å². The Kier molecular flexibility index (Phi) is 6.75. The Hall–Kier alpha value is -3.58. The van der Waals surface area contributed by atoms with Crippen LogP contribution in [-0.4, -0.2) is 24.5 Å². The molecular formula is C27H28N2O4S. The molecule has 0 fully saturated rings. The van der Waals surface area contributed by atoms with Crippen LogP contribution in [0.5, 0.6) is 11.5 Å². The Morgan fingerprint density at radius 3 is 2.65 bits per heavy atom. The van der Waals surface area contributed by atoms with Gasteiger partial charge in [0.2, 0.25) is 0 Å². The quantitative estimate of drug-likeness (QED) is 0.476. The number of carbonyl (C=O) groups excluding carboxylic acids is 2. The normalized spacial score (nSPS) is 16.7. The van der Waals surface area contributed by atoms with Gasteiger partial charge in [0, 0.05) is 28.5 Å². The van der Waals surface area contributed by atoms with Gasteiger partial charge in [0.25, 0.3) is 11.8 Å². The molecule has 176 valence electrons. The number of ether oxygens (including phenoxy) is 2. The highest BCUT2D eigenvalue weighted by atomic mass is 32.1. The number of methoxy groups -OCH3 is 1. The molecule has 0 saturated heterocycles. The molecule has 0 saturated carbocycles. The van der Waals surface area contributed by atoms with Crippen molar-refractivity contribution in [3.63, 3.8) is 0 Å². The summed E-state index contributed by atoms with van der Waals surface area (Å²) in [4.78, 5) is 27.4. The first-order chi connectivity index (χ1) is 16.3. The highest BCUT2D eigenvalue weighted by molar-refractivity contribution is 7.10. The van der Waals surface area contributed by atoms with E-state index in [1.54, 1.807) is 25.3 Å². The van der Waals surface area contributed by atoms with Gasteiger partial charge in [0.05, 0.1) is 13.2 Å². The molecule has 0 spiro atoms. The number of benzene rings is 2. The monoisotopic (exact) mass is 476 g/mol. The first-order valence-electron chi connectivity index (χ1n) is 11.1. The number of nitrogens with one attached hydrogen (secondary N) is 2. The fourth-order valence-corrected chi connectivity index (χ4v) is 4.67. The van der Waals surface area contributed by atoms with Crippen molar-refractivity contribution in [2.75, 3.05) is 7.11 Å². The number of thiophene rings is 1. The number of hydrogen-bond donors (Lipinski definition) is 2. The fraction of sp³-hybridized carbons (Fsp3) is 0.259. The van der Waals surface area contributed by atoms with E-state index >= 15 is 0 Å². The van der Waals surface area contributed by atoms with Gasteiger partial charge in [-0.05, 0) is 62.1 Å². The summed E-state index contributed by atoms with van der Waals surface area (Å²) in [6, 6.07) is 16.4. The molecule has 2 N–H and O–H groups in total. The van der Waals surface area contributed by atoms with Gasteiger partial charge in [-0.1, -0.05) is 24.3 Å². The van der Waals surface area contributed by atoms with Gasteiger partial charge in [-0.15, -0.1) is 11.3 Å². The lowest BCUT2D eigenvalue weighted by molar-refractivity contribution is -0.119. The van der Waals surface area contributed by atoms with Crippen LogP contribution < -0.4 is 20.1 Å². The molecule has 2 amide bonds. The van der Waals surface area contributed by atoms with Gasteiger partial charge in [-0.3, -0.25) is 9.59 Å². The number of amides is 2. The van der Waals surface area contributed by atoms with Gasteiger partial charge in [0.15, 0.2) is 0 Å². The number of hydrogen-bond acceptors (Lipinski definition) is 5. The Morgan fingerprint density at radius 1 is 1.15 bits per heavy atom. The van der Waals surface area contributed by atoms with Crippen LogP contribution in [0.15, 0.2) is 65.7 Å². The SMILES string of the molecule is COc1ccc2c(c1)OC(C)(C)CC2NC(=O)/C(=C/c1cccs1)NC(=O)c1ccccc1C. The minimum atomic E-state index is -0.487. The fourth-order valence-electron chi connectivity index (χ4n) is 4.01.